The molecule has 0 spiro atoms. The van der Waals surface area contributed by atoms with Crippen molar-refractivity contribution < 1.29 is 24.6 Å². The molecule has 0 heterocycles. The van der Waals surface area contributed by atoms with E-state index in [1.807, 2.05) is 30.3 Å². The fourth-order valence-corrected chi connectivity index (χ4v) is 6.54. The zero-order valence-electron chi connectivity index (χ0n) is 20.0. The Kier molecular flexibility index (Phi) is 5.88. The summed E-state index contributed by atoms with van der Waals surface area (Å²) in [5.41, 5.74) is 4.80. The van der Waals surface area contributed by atoms with Crippen molar-refractivity contribution in [2.24, 2.45) is 27.6 Å². The molecule has 3 aliphatic rings. The molecule has 4 atom stereocenters. The van der Waals surface area contributed by atoms with E-state index in [9.17, 15) is 10.3 Å². The minimum Gasteiger partial charge on any atom is -0.504 e. The zero-order chi connectivity index (χ0) is 23.9. The third-order valence-electron chi connectivity index (χ3n) is 8.35. The van der Waals surface area contributed by atoms with E-state index in [1.54, 1.807) is 20.3 Å². The first-order chi connectivity index (χ1) is 16.5. The number of ether oxygens (including phenoxy) is 2. The normalized spacial score (nSPS) is 29.9. The molecule has 5 rings (SSSR count). The molecule has 2 aromatic carbocycles. The van der Waals surface area contributed by atoms with Gasteiger partial charge in [-0.3, -0.25) is 0 Å². The number of rotatable bonds is 5. The van der Waals surface area contributed by atoms with Crippen LogP contribution >= 0.6 is 0 Å². The van der Waals surface area contributed by atoms with Crippen LogP contribution in [0.2, 0.25) is 0 Å². The highest BCUT2D eigenvalue weighted by Gasteiger charge is 2.54. The molecule has 0 unspecified atom stereocenters. The maximum absolute atomic E-state index is 10.5. The summed E-state index contributed by atoms with van der Waals surface area (Å²) >= 11 is 0. The van der Waals surface area contributed by atoms with Crippen LogP contribution < -0.4 is 9.47 Å². The van der Waals surface area contributed by atoms with Crippen molar-refractivity contribution in [3.8, 4) is 17.2 Å². The number of hydrogen-bond donors (Lipinski definition) is 2. The van der Waals surface area contributed by atoms with Gasteiger partial charge in [0.1, 0.15) is 12.4 Å². The molecular formula is C27H32N2O5. The highest BCUT2D eigenvalue weighted by atomic mass is 16.6. The van der Waals surface area contributed by atoms with Gasteiger partial charge in [0, 0.05) is 11.0 Å². The van der Waals surface area contributed by atoms with Gasteiger partial charge in [-0.1, -0.05) is 29.4 Å². The summed E-state index contributed by atoms with van der Waals surface area (Å²) < 4.78 is 10.7. The maximum atomic E-state index is 10.5. The van der Waals surface area contributed by atoms with Crippen LogP contribution in [0.1, 0.15) is 61.6 Å². The van der Waals surface area contributed by atoms with E-state index < -0.39 is 0 Å². The lowest BCUT2D eigenvalue weighted by Crippen LogP contribution is -2.43. The van der Waals surface area contributed by atoms with Gasteiger partial charge < -0.3 is 24.6 Å². The van der Waals surface area contributed by atoms with Gasteiger partial charge in [0.25, 0.3) is 0 Å². The smallest absolute Gasteiger partial charge is 0.160 e. The molecule has 0 aliphatic heterocycles. The number of phenols is 1. The molecule has 0 amide bonds. The van der Waals surface area contributed by atoms with Crippen LogP contribution in [0.3, 0.4) is 0 Å². The Morgan fingerprint density at radius 3 is 2.59 bits per heavy atom. The average molecular weight is 465 g/mol. The number of fused-ring (bicyclic) bond motifs is 5. The molecule has 7 nitrogen and oxygen atoms in total. The van der Waals surface area contributed by atoms with Gasteiger partial charge in [0.05, 0.1) is 25.6 Å². The molecule has 2 fully saturated rings. The van der Waals surface area contributed by atoms with Gasteiger partial charge >= 0.3 is 0 Å². The van der Waals surface area contributed by atoms with Gasteiger partial charge in [0.2, 0.25) is 0 Å². The van der Waals surface area contributed by atoms with E-state index in [0.717, 1.165) is 66.0 Å². The van der Waals surface area contributed by atoms with Crippen molar-refractivity contribution in [2.45, 2.75) is 51.6 Å². The molecule has 3 aliphatic carbocycles. The largest absolute Gasteiger partial charge is 0.504 e. The zero-order valence-corrected chi connectivity index (χ0v) is 20.0. The molecule has 7 heteroatoms. The van der Waals surface area contributed by atoms with Gasteiger partial charge in [-0.25, -0.2) is 0 Å². The molecule has 2 aromatic rings. The molecule has 2 N–H and O–H groups in total. The number of phenolic OH excluding ortho intramolecular Hbond substituents is 1. The SMILES string of the molecule is COc1ccc(CO/N=C2\C[C@@H]3[C@H](CC[C@]4(C)/C(=N\O)CC[C@@H]34)c3cc(OC)c(O)cc32)cc1. The standard InChI is InChI=1S/C27H32N2O5/c1-27-11-10-18-19-14-25(33-3)24(30)13-21(19)23(12-20(18)22(27)8-9-26(27)28-31)29-34-15-16-4-6-17(32-2)7-5-16/h4-7,13-14,18,20,22,30-31H,8-12,15H2,1-3H3/b28-26-,29-23+/t18-,20-,22+,27+/m1/s1. The van der Waals surface area contributed by atoms with E-state index in [4.69, 9.17) is 14.3 Å². The van der Waals surface area contributed by atoms with Crippen LogP contribution in [0.25, 0.3) is 0 Å². The number of methoxy groups -OCH3 is 2. The lowest BCUT2D eigenvalue weighted by atomic mass is 9.55. The molecule has 0 saturated heterocycles. The fourth-order valence-electron chi connectivity index (χ4n) is 6.54. The number of oxime groups is 2. The lowest BCUT2D eigenvalue weighted by Gasteiger charge is -2.48. The molecule has 34 heavy (non-hydrogen) atoms. The molecule has 0 aromatic heterocycles. The predicted molar refractivity (Wildman–Crippen MR) is 129 cm³/mol. The monoisotopic (exact) mass is 464 g/mol. The van der Waals surface area contributed by atoms with Crippen LogP contribution in [-0.2, 0) is 11.4 Å². The van der Waals surface area contributed by atoms with E-state index in [-0.39, 0.29) is 11.2 Å². The Morgan fingerprint density at radius 2 is 1.88 bits per heavy atom. The molecule has 2 saturated carbocycles. The number of hydrogen-bond acceptors (Lipinski definition) is 7. The third-order valence-corrected chi connectivity index (χ3v) is 8.35. The second-order valence-corrected chi connectivity index (χ2v) is 9.89. The minimum absolute atomic E-state index is 0.0799. The van der Waals surface area contributed by atoms with Crippen molar-refractivity contribution in [3.05, 3.63) is 53.1 Å². The van der Waals surface area contributed by atoms with E-state index in [0.29, 0.717) is 30.1 Å². The van der Waals surface area contributed by atoms with Crippen LogP contribution in [0.4, 0.5) is 0 Å². The van der Waals surface area contributed by atoms with Crippen LogP contribution in [0, 0.1) is 17.3 Å². The topological polar surface area (TPSA) is 92.9 Å². The van der Waals surface area contributed by atoms with E-state index in [1.165, 1.54) is 0 Å². The van der Waals surface area contributed by atoms with Gasteiger partial charge in [-0.05, 0) is 85.3 Å². The third kappa shape index (κ3) is 3.67. The number of benzene rings is 2. The quantitative estimate of drug-likeness (QED) is 0.452. The second kappa shape index (κ2) is 8.85. The van der Waals surface area contributed by atoms with Crippen LogP contribution in [0.5, 0.6) is 17.2 Å². The van der Waals surface area contributed by atoms with Crippen molar-refractivity contribution in [3.63, 3.8) is 0 Å². The van der Waals surface area contributed by atoms with Crippen molar-refractivity contribution >= 4 is 11.4 Å². The number of aromatic hydroxyl groups is 1. The Bertz CT molecular complexity index is 1130. The van der Waals surface area contributed by atoms with E-state index >= 15 is 0 Å². The first-order valence-corrected chi connectivity index (χ1v) is 11.9. The molecular weight excluding hydrogens is 432 g/mol. The Labute approximate surface area is 200 Å². The maximum Gasteiger partial charge on any atom is 0.160 e. The van der Waals surface area contributed by atoms with Crippen molar-refractivity contribution in [2.75, 3.05) is 14.2 Å². The van der Waals surface area contributed by atoms with Crippen LogP contribution in [-0.4, -0.2) is 36.0 Å². The van der Waals surface area contributed by atoms with Crippen molar-refractivity contribution in [1.82, 2.24) is 0 Å². The Morgan fingerprint density at radius 1 is 1.09 bits per heavy atom. The average Bonchev–Trinajstić information content (AvgIpc) is 3.20. The van der Waals surface area contributed by atoms with Gasteiger partial charge in [-0.15, -0.1) is 0 Å². The lowest BCUT2D eigenvalue weighted by molar-refractivity contribution is 0.103. The summed E-state index contributed by atoms with van der Waals surface area (Å²) in [5.74, 6) is 2.52. The summed E-state index contributed by atoms with van der Waals surface area (Å²) in [6, 6.07) is 11.5. The van der Waals surface area contributed by atoms with Crippen LogP contribution in [0.15, 0.2) is 46.7 Å². The fraction of sp³-hybridized carbons (Fsp3) is 0.481. The van der Waals surface area contributed by atoms with Gasteiger partial charge in [0.15, 0.2) is 11.5 Å². The first-order valence-electron chi connectivity index (χ1n) is 11.9. The molecule has 180 valence electrons. The summed E-state index contributed by atoms with van der Waals surface area (Å²) in [7, 11) is 3.22. The van der Waals surface area contributed by atoms with Gasteiger partial charge in [-0.2, -0.15) is 0 Å². The highest BCUT2D eigenvalue weighted by molar-refractivity contribution is 6.04. The van der Waals surface area contributed by atoms with E-state index in [2.05, 4.69) is 17.2 Å². The number of nitrogens with zero attached hydrogens (tertiary/aromatic N) is 2. The first kappa shape index (κ1) is 22.6. The molecule has 0 bridgehead atoms. The summed E-state index contributed by atoms with van der Waals surface area (Å²) in [5, 5.41) is 28.4. The second-order valence-electron chi connectivity index (χ2n) is 9.89. The van der Waals surface area contributed by atoms with Crippen molar-refractivity contribution in [1.29, 1.82) is 0 Å². The summed E-state index contributed by atoms with van der Waals surface area (Å²) in [4.78, 5) is 5.82. The molecule has 0 radical (unpaired) electrons. The minimum atomic E-state index is -0.0799. The highest BCUT2D eigenvalue weighted by Crippen LogP contribution is 2.60. The predicted octanol–water partition coefficient (Wildman–Crippen LogP) is 5.47. The summed E-state index contributed by atoms with van der Waals surface area (Å²) in [6.45, 7) is 2.60. The Balaban J connectivity index is 1.48. The Hall–Kier alpha value is -3.22. The summed E-state index contributed by atoms with van der Waals surface area (Å²) in [6.07, 6.45) is 4.61.